The zero-order valence-corrected chi connectivity index (χ0v) is 22.9. The Morgan fingerprint density at radius 1 is 0.469 bits per heavy atom. The third kappa shape index (κ3) is 7.20. The summed E-state index contributed by atoms with van der Waals surface area (Å²) in [5.74, 6) is 0. The maximum absolute atomic E-state index is 11.1. The quantitative estimate of drug-likeness (QED) is 0.514. The standard InChI is InChI=1S/C31H48O/c1-28(2,3)23-13-21(14-24(19-23)29(4,5)6)17-27(32)18-22-15-25(30(7,8)9)20-26(16-22)31(10,11)12/h13-16,19-20,27,32H,17-18H2,1-12H3. The van der Waals surface area contributed by atoms with Crippen LogP contribution in [0, 0.1) is 0 Å². The molecule has 0 atom stereocenters. The minimum atomic E-state index is -0.402. The minimum absolute atomic E-state index is 0.0869. The van der Waals surface area contributed by atoms with Crippen LogP contribution in [0.15, 0.2) is 36.4 Å². The van der Waals surface area contributed by atoms with Gasteiger partial charge in [-0.1, -0.05) is 119 Å². The van der Waals surface area contributed by atoms with E-state index in [9.17, 15) is 5.11 Å². The van der Waals surface area contributed by atoms with Gasteiger partial charge in [0.25, 0.3) is 0 Å². The van der Waals surface area contributed by atoms with Crippen molar-refractivity contribution in [1.82, 2.24) is 0 Å². The third-order valence-corrected chi connectivity index (χ3v) is 6.39. The highest BCUT2D eigenvalue weighted by Gasteiger charge is 2.23. The van der Waals surface area contributed by atoms with Gasteiger partial charge >= 0.3 is 0 Å². The van der Waals surface area contributed by atoms with E-state index in [0.717, 1.165) is 0 Å². The second-order valence-corrected chi connectivity index (χ2v) is 13.9. The Morgan fingerprint density at radius 3 is 0.875 bits per heavy atom. The molecule has 32 heavy (non-hydrogen) atoms. The largest absolute Gasteiger partial charge is 0.392 e. The topological polar surface area (TPSA) is 20.2 Å². The van der Waals surface area contributed by atoms with Crippen molar-refractivity contribution in [3.63, 3.8) is 0 Å². The highest BCUT2D eigenvalue weighted by molar-refractivity contribution is 5.39. The second-order valence-electron chi connectivity index (χ2n) is 13.9. The molecule has 0 radical (unpaired) electrons. The molecule has 0 heterocycles. The van der Waals surface area contributed by atoms with Crippen molar-refractivity contribution in [3.05, 3.63) is 69.8 Å². The molecule has 0 saturated heterocycles. The number of benzene rings is 2. The molecule has 0 aliphatic carbocycles. The van der Waals surface area contributed by atoms with E-state index in [2.05, 4.69) is 119 Å². The summed E-state index contributed by atoms with van der Waals surface area (Å²) in [5.41, 5.74) is 8.19. The van der Waals surface area contributed by atoms with Crippen LogP contribution in [0.1, 0.15) is 116 Å². The van der Waals surface area contributed by atoms with Crippen LogP contribution in [-0.2, 0) is 34.5 Å². The van der Waals surface area contributed by atoms with Crippen molar-refractivity contribution >= 4 is 0 Å². The first-order valence-electron chi connectivity index (χ1n) is 12.2. The Morgan fingerprint density at radius 2 is 0.688 bits per heavy atom. The Labute approximate surface area is 198 Å². The van der Waals surface area contributed by atoms with E-state index in [1.807, 2.05) is 0 Å². The van der Waals surface area contributed by atoms with Crippen molar-refractivity contribution in [2.45, 2.75) is 124 Å². The average molecular weight is 437 g/mol. The summed E-state index contributed by atoms with van der Waals surface area (Å²) >= 11 is 0. The molecule has 0 aromatic heterocycles. The molecule has 1 N–H and O–H groups in total. The minimum Gasteiger partial charge on any atom is -0.392 e. The highest BCUT2D eigenvalue weighted by Crippen LogP contribution is 2.32. The summed E-state index contributed by atoms with van der Waals surface area (Å²) in [7, 11) is 0. The molecule has 0 unspecified atom stereocenters. The normalized spacial score (nSPS) is 13.7. The van der Waals surface area contributed by atoms with Gasteiger partial charge in [0.15, 0.2) is 0 Å². The zero-order chi connectivity index (χ0) is 24.7. The average Bonchev–Trinajstić information content (AvgIpc) is 2.58. The second kappa shape index (κ2) is 8.98. The number of aliphatic hydroxyl groups is 1. The van der Waals surface area contributed by atoms with Gasteiger partial charge in [-0.3, -0.25) is 0 Å². The van der Waals surface area contributed by atoms with Crippen LogP contribution in [0.3, 0.4) is 0 Å². The molecule has 0 bridgehead atoms. The van der Waals surface area contributed by atoms with Gasteiger partial charge in [-0.05, 0) is 67.9 Å². The van der Waals surface area contributed by atoms with Gasteiger partial charge in [0.1, 0.15) is 0 Å². The predicted molar refractivity (Wildman–Crippen MR) is 141 cm³/mol. The molecule has 1 heteroatoms. The number of hydrogen-bond acceptors (Lipinski definition) is 1. The van der Waals surface area contributed by atoms with Gasteiger partial charge in [-0.25, -0.2) is 0 Å². The molecular formula is C31H48O. The first-order chi connectivity index (χ1) is 14.3. The summed E-state index contributed by atoms with van der Waals surface area (Å²) in [6.45, 7) is 27.2. The zero-order valence-electron chi connectivity index (χ0n) is 22.9. The Kier molecular flexibility index (Phi) is 7.48. The van der Waals surface area contributed by atoms with Crippen LogP contribution in [-0.4, -0.2) is 11.2 Å². The summed E-state index contributed by atoms with van der Waals surface area (Å²) in [6, 6.07) is 13.9. The van der Waals surface area contributed by atoms with Crippen LogP contribution >= 0.6 is 0 Å². The molecule has 0 saturated carbocycles. The summed E-state index contributed by atoms with van der Waals surface area (Å²) in [5, 5.41) is 11.1. The van der Waals surface area contributed by atoms with E-state index in [1.165, 1.54) is 33.4 Å². The molecule has 2 rings (SSSR count). The fraction of sp³-hybridized carbons (Fsp3) is 0.613. The van der Waals surface area contributed by atoms with Gasteiger partial charge in [-0.2, -0.15) is 0 Å². The lowest BCUT2D eigenvalue weighted by Gasteiger charge is -2.27. The summed E-state index contributed by atoms with van der Waals surface area (Å²) < 4.78 is 0. The van der Waals surface area contributed by atoms with E-state index in [-0.39, 0.29) is 21.7 Å². The van der Waals surface area contributed by atoms with E-state index >= 15 is 0 Å². The Bertz CT molecular complexity index is 779. The Hall–Kier alpha value is -1.60. The lowest BCUT2D eigenvalue weighted by molar-refractivity contribution is 0.175. The van der Waals surface area contributed by atoms with E-state index in [4.69, 9.17) is 0 Å². The molecule has 0 aliphatic rings. The maximum atomic E-state index is 11.1. The monoisotopic (exact) mass is 436 g/mol. The molecule has 0 amide bonds. The molecule has 0 spiro atoms. The molecule has 0 fully saturated rings. The van der Waals surface area contributed by atoms with Gasteiger partial charge in [-0.15, -0.1) is 0 Å². The van der Waals surface area contributed by atoms with Crippen LogP contribution in [0.25, 0.3) is 0 Å². The van der Waals surface area contributed by atoms with Crippen molar-refractivity contribution < 1.29 is 5.11 Å². The first-order valence-corrected chi connectivity index (χ1v) is 12.2. The number of hydrogen-bond donors (Lipinski definition) is 1. The van der Waals surface area contributed by atoms with Crippen LogP contribution in [0.2, 0.25) is 0 Å². The van der Waals surface area contributed by atoms with Crippen molar-refractivity contribution in [2.75, 3.05) is 0 Å². The highest BCUT2D eigenvalue weighted by atomic mass is 16.3. The van der Waals surface area contributed by atoms with E-state index in [0.29, 0.717) is 12.8 Å². The molecule has 178 valence electrons. The smallest absolute Gasteiger partial charge is 0.0620 e. The van der Waals surface area contributed by atoms with Crippen molar-refractivity contribution in [3.8, 4) is 0 Å². The van der Waals surface area contributed by atoms with Gasteiger partial charge in [0.2, 0.25) is 0 Å². The molecule has 2 aromatic carbocycles. The lowest BCUT2D eigenvalue weighted by Crippen LogP contribution is -2.21. The molecule has 1 nitrogen and oxygen atoms in total. The maximum Gasteiger partial charge on any atom is 0.0620 e. The fourth-order valence-corrected chi connectivity index (χ4v) is 3.97. The first kappa shape index (κ1) is 26.7. The summed E-state index contributed by atoms with van der Waals surface area (Å²) in [4.78, 5) is 0. The third-order valence-electron chi connectivity index (χ3n) is 6.39. The van der Waals surface area contributed by atoms with Gasteiger partial charge in [0.05, 0.1) is 6.10 Å². The van der Waals surface area contributed by atoms with Gasteiger partial charge < -0.3 is 5.11 Å². The molecule has 0 aliphatic heterocycles. The Balaban J connectivity index is 2.38. The summed E-state index contributed by atoms with van der Waals surface area (Å²) in [6.07, 6.45) is 0.955. The predicted octanol–water partition coefficient (Wildman–Crippen LogP) is 8.02. The van der Waals surface area contributed by atoms with Gasteiger partial charge in [0, 0.05) is 0 Å². The lowest BCUT2D eigenvalue weighted by atomic mass is 9.78. The molecule has 2 aromatic rings. The van der Waals surface area contributed by atoms with Crippen LogP contribution in [0.5, 0.6) is 0 Å². The number of rotatable bonds is 4. The van der Waals surface area contributed by atoms with Crippen LogP contribution in [0.4, 0.5) is 0 Å². The van der Waals surface area contributed by atoms with E-state index < -0.39 is 6.10 Å². The van der Waals surface area contributed by atoms with Crippen molar-refractivity contribution in [1.29, 1.82) is 0 Å². The van der Waals surface area contributed by atoms with Crippen LogP contribution < -0.4 is 0 Å². The van der Waals surface area contributed by atoms with Crippen molar-refractivity contribution in [2.24, 2.45) is 0 Å². The SMILES string of the molecule is CC(C)(C)c1cc(CC(O)Cc2cc(C(C)(C)C)cc(C(C)(C)C)c2)cc(C(C)(C)C)c1. The fourth-order valence-electron chi connectivity index (χ4n) is 3.97. The molecular weight excluding hydrogens is 388 g/mol. The van der Waals surface area contributed by atoms with E-state index in [1.54, 1.807) is 0 Å². The number of aliphatic hydroxyl groups excluding tert-OH is 1.